The van der Waals surface area contributed by atoms with Crippen LogP contribution in [-0.4, -0.2) is 38.6 Å². The molecule has 0 amide bonds. The van der Waals surface area contributed by atoms with Crippen LogP contribution in [0, 0.1) is 0 Å². The van der Waals surface area contributed by atoms with Gasteiger partial charge in [-0.2, -0.15) is 15.0 Å². The highest BCUT2D eigenvalue weighted by atomic mass is 32.2. The van der Waals surface area contributed by atoms with Gasteiger partial charge in [-0.15, -0.1) is 0 Å². The van der Waals surface area contributed by atoms with Crippen molar-refractivity contribution in [3.05, 3.63) is 30.1 Å². The molecule has 0 aliphatic rings. The Bertz CT molecular complexity index is 812. The third-order valence-corrected chi connectivity index (χ3v) is 4.19. The van der Waals surface area contributed by atoms with E-state index < -0.39 is 0 Å². The molecule has 0 saturated heterocycles. The van der Waals surface area contributed by atoms with Gasteiger partial charge in [0.1, 0.15) is 5.82 Å². The van der Waals surface area contributed by atoms with Crippen LogP contribution in [0.1, 0.15) is 5.82 Å². The number of rotatable bonds is 4. The summed E-state index contributed by atoms with van der Waals surface area (Å²) in [5.41, 5.74) is 7.83. The first-order chi connectivity index (χ1) is 10.5. The lowest BCUT2D eigenvalue weighted by Crippen LogP contribution is -2.16. The molecule has 0 atom stereocenters. The minimum Gasteiger partial charge on any atom is -0.368 e. The second-order valence-corrected chi connectivity index (χ2v) is 5.98. The molecule has 22 heavy (non-hydrogen) atoms. The number of nitrogens with zero attached hydrogens (tertiary/aromatic N) is 6. The van der Waals surface area contributed by atoms with E-state index in [0.717, 1.165) is 16.2 Å². The highest BCUT2D eigenvalue weighted by molar-refractivity contribution is 7.98. The van der Waals surface area contributed by atoms with Crippen molar-refractivity contribution in [2.45, 2.75) is 10.9 Å². The van der Waals surface area contributed by atoms with Gasteiger partial charge < -0.3 is 15.2 Å². The van der Waals surface area contributed by atoms with Crippen molar-refractivity contribution in [2.24, 2.45) is 7.05 Å². The van der Waals surface area contributed by atoms with Crippen molar-refractivity contribution >= 4 is 34.7 Å². The fourth-order valence-electron chi connectivity index (χ4n) is 2.07. The maximum absolute atomic E-state index is 5.74. The Morgan fingerprint density at radius 3 is 2.64 bits per heavy atom. The van der Waals surface area contributed by atoms with Gasteiger partial charge in [0.05, 0.1) is 16.8 Å². The molecule has 114 valence electrons. The van der Waals surface area contributed by atoms with Crippen molar-refractivity contribution in [1.82, 2.24) is 24.5 Å². The Morgan fingerprint density at radius 1 is 1.14 bits per heavy atom. The maximum Gasteiger partial charge on any atom is 0.229 e. The molecule has 2 N–H and O–H groups in total. The molecule has 0 aliphatic heterocycles. The zero-order valence-corrected chi connectivity index (χ0v) is 13.5. The molecule has 3 rings (SSSR count). The lowest BCUT2D eigenvalue weighted by molar-refractivity contribution is 0.813. The van der Waals surface area contributed by atoms with Crippen LogP contribution in [0.15, 0.2) is 29.4 Å². The van der Waals surface area contributed by atoms with E-state index in [4.69, 9.17) is 5.73 Å². The van der Waals surface area contributed by atoms with E-state index in [1.807, 2.05) is 39.3 Å². The van der Waals surface area contributed by atoms with Gasteiger partial charge in [0.15, 0.2) is 5.16 Å². The van der Waals surface area contributed by atoms with Gasteiger partial charge >= 0.3 is 0 Å². The Hall–Kier alpha value is -2.35. The third kappa shape index (κ3) is 2.82. The molecule has 0 unspecified atom stereocenters. The first-order valence-corrected chi connectivity index (χ1v) is 7.75. The van der Waals surface area contributed by atoms with Crippen LogP contribution in [0.5, 0.6) is 0 Å². The number of para-hydroxylation sites is 2. The van der Waals surface area contributed by atoms with Gasteiger partial charge in [-0.3, -0.25) is 0 Å². The van der Waals surface area contributed by atoms with E-state index in [2.05, 4.69) is 30.6 Å². The maximum atomic E-state index is 5.74. The summed E-state index contributed by atoms with van der Waals surface area (Å²) in [5, 5.41) is 0.923. The summed E-state index contributed by atoms with van der Waals surface area (Å²) in [5.74, 6) is 2.03. The lowest BCUT2D eigenvalue weighted by Gasteiger charge is -2.11. The number of nitrogens with two attached hydrogens (primary N) is 1. The first kappa shape index (κ1) is 14.6. The SMILES string of the molecule is CN(C)c1nc(N)nc(CSc2nc3ccccc3n2C)n1. The fourth-order valence-corrected chi connectivity index (χ4v) is 2.91. The summed E-state index contributed by atoms with van der Waals surface area (Å²) < 4.78 is 2.07. The molecule has 7 nitrogen and oxygen atoms in total. The molecule has 0 fully saturated rings. The van der Waals surface area contributed by atoms with E-state index in [-0.39, 0.29) is 5.95 Å². The van der Waals surface area contributed by atoms with Crippen molar-refractivity contribution < 1.29 is 0 Å². The number of benzene rings is 1. The van der Waals surface area contributed by atoms with Gasteiger partial charge in [-0.05, 0) is 12.1 Å². The number of anilines is 2. The van der Waals surface area contributed by atoms with Gasteiger partial charge in [-0.25, -0.2) is 4.98 Å². The second kappa shape index (κ2) is 5.80. The number of imidazole rings is 1. The van der Waals surface area contributed by atoms with Gasteiger partial charge in [0.25, 0.3) is 0 Å². The average molecular weight is 315 g/mol. The minimum atomic E-state index is 0.235. The number of thioether (sulfide) groups is 1. The standard InChI is InChI=1S/C14H17N7S/c1-20(2)13-18-11(17-12(15)19-13)8-22-14-16-9-6-4-5-7-10(9)21(14)3/h4-7H,8H2,1-3H3,(H2,15,17,18,19). The summed E-state index contributed by atoms with van der Waals surface area (Å²) in [4.78, 5) is 19.1. The molecule has 8 heteroatoms. The van der Waals surface area contributed by atoms with Crippen LogP contribution in [-0.2, 0) is 12.8 Å². The summed E-state index contributed by atoms with van der Waals surface area (Å²) in [6, 6.07) is 8.05. The lowest BCUT2D eigenvalue weighted by atomic mass is 10.3. The summed E-state index contributed by atoms with van der Waals surface area (Å²) >= 11 is 1.58. The number of aryl methyl sites for hydroxylation is 1. The van der Waals surface area contributed by atoms with Crippen molar-refractivity contribution in [3.63, 3.8) is 0 Å². The van der Waals surface area contributed by atoms with Crippen LogP contribution in [0.25, 0.3) is 11.0 Å². The van der Waals surface area contributed by atoms with E-state index in [1.54, 1.807) is 16.7 Å². The Labute approximate surface area is 132 Å². The topological polar surface area (TPSA) is 85.8 Å². The molecule has 2 aromatic heterocycles. The molecule has 0 saturated carbocycles. The smallest absolute Gasteiger partial charge is 0.229 e. The molecule has 0 aliphatic carbocycles. The highest BCUT2D eigenvalue weighted by Gasteiger charge is 2.11. The molecule has 2 heterocycles. The quantitative estimate of drug-likeness (QED) is 0.733. The predicted molar refractivity (Wildman–Crippen MR) is 88.8 cm³/mol. The van der Waals surface area contributed by atoms with Crippen LogP contribution in [0.2, 0.25) is 0 Å². The number of aromatic nitrogens is 5. The zero-order valence-electron chi connectivity index (χ0n) is 12.7. The van der Waals surface area contributed by atoms with Crippen LogP contribution in [0.3, 0.4) is 0 Å². The van der Waals surface area contributed by atoms with E-state index in [9.17, 15) is 0 Å². The summed E-state index contributed by atoms with van der Waals surface area (Å²) in [7, 11) is 5.75. The van der Waals surface area contributed by atoms with E-state index >= 15 is 0 Å². The fraction of sp³-hybridized carbons (Fsp3) is 0.286. The van der Waals surface area contributed by atoms with Crippen molar-refractivity contribution in [2.75, 3.05) is 24.7 Å². The van der Waals surface area contributed by atoms with Crippen LogP contribution >= 0.6 is 11.8 Å². The highest BCUT2D eigenvalue weighted by Crippen LogP contribution is 2.25. The van der Waals surface area contributed by atoms with Gasteiger partial charge in [-0.1, -0.05) is 23.9 Å². The molecule has 1 aromatic carbocycles. The molecule has 0 spiro atoms. The van der Waals surface area contributed by atoms with Gasteiger partial charge in [0, 0.05) is 21.1 Å². The molecular formula is C14H17N7S. The zero-order chi connectivity index (χ0) is 15.7. The number of hydrogen-bond acceptors (Lipinski definition) is 7. The van der Waals surface area contributed by atoms with Crippen molar-refractivity contribution in [1.29, 1.82) is 0 Å². The summed E-state index contributed by atoms with van der Waals surface area (Å²) in [6.45, 7) is 0. The Kier molecular flexibility index (Phi) is 3.84. The first-order valence-electron chi connectivity index (χ1n) is 6.76. The minimum absolute atomic E-state index is 0.235. The Balaban J connectivity index is 1.83. The number of nitrogen functional groups attached to an aromatic ring is 1. The van der Waals surface area contributed by atoms with Crippen LogP contribution < -0.4 is 10.6 Å². The molecule has 3 aromatic rings. The van der Waals surface area contributed by atoms with Crippen molar-refractivity contribution in [3.8, 4) is 0 Å². The van der Waals surface area contributed by atoms with Crippen LogP contribution in [0.4, 0.5) is 11.9 Å². The van der Waals surface area contributed by atoms with E-state index in [1.165, 1.54) is 0 Å². The van der Waals surface area contributed by atoms with Gasteiger partial charge in [0.2, 0.25) is 11.9 Å². The molecular weight excluding hydrogens is 298 g/mol. The monoisotopic (exact) mass is 315 g/mol. The summed E-state index contributed by atoms with van der Waals surface area (Å²) in [6.07, 6.45) is 0. The molecule has 0 radical (unpaired) electrons. The average Bonchev–Trinajstić information content (AvgIpc) is 2.81. The third-order valence-electron chi connectivity index (χ3n) is 3.16. The number of fused-ring (bicyclic) bond motifs is 1. The van der Waals surface area contributed by atoms with E-state index in [0.29, 0.717) is 17.5 Å². The molecule has 0 bridgehead atoms. The second-order valence-electron chi connectivity index (χ2n) is 5.04. The predicted octanol–water partition coefficient (Wildman–Crippen LogP) is 1.70. The number of hydrogen-bond donors (Lipinski definition) is 1. The normalized spacial score (nSPS) is 11.0. The largest absolute Gasteiger partial charge is 0.368 e. The Morgan fingerprint density at radius 2 is 1.91 bits per heavy atom.